The van der Waals surface area contributed by atoms with Crippen molar-refractivity contribution < 1.29 is 13.2 Å². The SMILES string of the molecule is Cc1ccccc1NS(=O)(=O)c1ccc(C(=O)NCCCn2ccnc2C)cc1. The van der Waals surface area contributed by atoms with E-state index in [0.29, 0.717) is 17.8 Å². The van der Waals surface area contributed by atoms with Gasteiger partial charge in [0.2, 0.25) is 0 Å². The van der Waals surface area contributed by atoms with Gasteiger partial charge in [0.25, 0.3) is 15.9 Å². The minimum Gasteiger partial charge on any atom is -0.352 e. The minimum absolute atomic E-state index is 0.105. The van der Waals surface area contributed by atoms with Crippen molar-refractivity contribution >= 4 is 21.6 Å². The quantitative estimate of drug-likeness (QED) is 0.556. The standard InChI is InChI=1S/C21H24N4O3S/c1-16-6-3-4-7-20(16)24-29(27,28)19-10-8-18(9-11-19)21(26)23-12-5-14-25-15-13-22-17(25)2/h3-4,6-11,13,15,24H,5,12,14H2,1-2H3,(H,23,26). The maximum absolute atomic E-state index is 12.6. The number of anilines is 1. The number of hydrogen-bond donors (Lipinski definition) is 2. The van der Waals surface area contributed by atoms with E-state index in [9.17, 15) is 13.2 Å². The summed E-state index contributed by atoms with van der Waals surface area (Å²) in [5, 5.41) is 2.85. The highest BCUT2D eigenvalue weighted by Crippen LogP contribution is 2.19. The molecule has 29 heavy (non-hydrogen) atoms. The Bertz CT molecular complexity index is 1090. The number of nitrogens with one attached hydrogen (secondary N) is 2. The van der Waals surface area contributed by atoms with Crippen LogP contribution in [0.2, 0.25) is 0 Å². The van der Waals surface area contributed by atoms with Crippen LogP contribution >= 0.6 is 0 Å². The predicted octanol–water partition coefficient (Wildman–Crippen LogP) is 3.12. The Balaban J connectivity index is 1.56. The zero-order chi connectivity index (χ0) is 20.9. The van der Waals surface area contributed by atoms with Crippen molar-refractivity contribution in [2.45, 2.75) is 31.7 Å². The number of nitrogens with zero attached hydrogens (tertiary/aromatic N) is 2. The third kappa shape index (κ3) is 5.23. The summed E-state index contributed by atoms with van der Waals surface area (Å²) >= 11 is 0. The lowest BCUT2D eigenvalue weighted by atomic mass is 10.2. The van der Waals surface area contributed by atoms with Gasteiger partial charge in [0, 0.05) is 31.0 Å². The summed E-state index contributed by atoms with van der Waals surface area (Å²) in [5.41, 5.74) is 1.78. The third-order valence-electron chi connectivity index (χ3n) is 4.60. The fourth-order valence-electron chi connectivity index (χ4n) is 2.87. The molecule has 0 unspecified atom stereocenters. The highest BCUT2D eigenvalue weighted by molar-refractivity contribution is 7.92. The maximum atomic E-state index is 12.6. The number of benzene rings is 2. The normalized spacial score (nSPS) is 11.2. The number of aryl methyl sites for hydroxylation is 3. The molecule has 0 fully saturated rings. The summed E-state index contributed by atoms with van der Waals surface area (Å²) in [5.74, 6) is 0.704. The first kappa shape index (κ1) is 20.6. The first-order chi connectivity index (χ1) is 13.9. The molecule has 0 aliphatic rings. The summed E-state index contributed by atoms with van der Waals surface area (Å²) in [7, 11) is -3.72. The van der Waals surface area contributed by atoms with Crippen molar-refractivity contribution in [1.82, 2.24) is 14.9 Å². The lowest BCUT2D eigenvalue weighted by Gasteiger charge is -2.11. The Labute approximate surface area is 170 Å². The second kappa shape index (κ2) is 8.91. The van der Waals surface area contributed by atoms with Crippen molar-refractivity contribution in [3.63, 3.8) is 0 Å². The average Bonchev–Trinajstić information content (AvgIpc) is 3.11. The fraction of sp³-hybridized carbons (Fsp3) is 0.238. The average molecular weight is 413 g/mol. The molecule has 0 aliphatic heterocycles. The van der Waals surface area contributed by atoms with E-state index in [0.717, 1.165) is 24.4 Å². The van der Waals surface area contributed by atoms with Gasteiger partial charge >= 0.3 is 0 Å². The summed E-state index contributed by atoms with van der Waals surface area (Å²) < 4.78 is 29.7. The van der Waals surface area contributed by atoms with Gasteiger partial charge in [-0.3, -0.25) is 9.52 Å². The van der Waals surface area contributed by atoms with E-state index < -0.39 is 10.0 Å². The highest BCUT2D eigenvalue weighted by Gasteiger charge is 2.16. The molecule has 0 radical (unpaired) electrons. The van der Waals surface area contributed by atoms with Crippen molar-refractivity contribution in [1.29, 1.82) is 0 Å². The molecule has 0 atom stereocenters. The number of amides is 1. The summed E-state index contributed by atoms with van der Waals surface area (Å²) in [6, 6.07) is 13.1. The number of aromatic nitrogens is 2. The summed E-state index contributed by atoms with van der Waals surface area (Å²) in [4.78, 5) is 16.5. The van der Waals surface area contributed by atoms with E-state index in [1.165, 1.54) is 24.3 Å². The van der Waals surface area contributed by atoms with Crippen LogP contribution in [0.1, 0.15) is 28.2 Å². The van der Waals surface area contributed by atoms with Crippen LogP contribution in [-0.2, 0) is 16.6 Å². The number of hydrogen-bond acceptors (Lipinski definition) is 4. The van der Waals surface area contributed by atoms with Gasteiger partial charge < -0.3 is 9.88 Å². The maximum Gasteiger partial charge on any atom is 0.261 e. The van der Waals surface area contributed by atoms with Gasteiger partial charge in [-0.2, -0.15) is 0 Å². The molecule has 0 bridgehead atoms. The van der Waals surface area contributed by atoms with Gasteiger partial charge in [-0.25, -0.2) is 13.4 Å². The second-order valence-electron chi connectivity index (χ2n) is 6.72. The van der Waals surface area contributed by atoms with Gasteiger partial charge in [0.05, 0.1) is 10.6 Å². The molecule has 8 heteroatoms. The van der Waals surface area contributed by atoms with E-state index in [2.05, 4.69) is 15.0 Å². The van der Waals surface area contributed by atoms with Crippen molar-refractivity contribution in [2.75, 3.05) is 11.3 Å². The molecule has 1 heterocycles. The predicted molar refractivity (Wildman–Crippen MR) is 112 cm³/mol. The van der Waals surface area contributed by atoms with E-state index in [4.69, 9.17) is 0 Å². The van der Waals surface area contributed by atoms with Crippen LogP contribution in [0.4, 0.5) is 5.69 Å². The lowest BCUT2D eigenvalue weighted by molar-refractivity contribution is 0.0952. The van der Waals surface area contributed by atoms with E-state index in [-0.39, 0.29) is 10.8 Å². The summed E-state index contributed by atoms with van der Waals surface area (Å²) in [6.07, 6.45) is 4.43. The third-order valence-corrected chi connectivity index (χ3v) is 5.98. The van der Waals surface area contributed by atoms with E-state index in [1.807, 2.05) is 36.7 Å². The van der Waals surface area contributed by atoms with Crippen molar-refractivity contribution in [3.8, 4) is 0 Å². The van der Waals surface area contributed by atoms with E-state index >= 15 is 0 Å². The monoisotopic (exact) mass is 412 g/mol. The van der Waals surface area contributed by atoms with Crippen molar-refractivity contribution in [3.05, 3.63) is 77.9 Å². The Kier molecular flexibility index (Phi) is 6.33. The number of carbonyl (C=O) groups excluding carboxylic acids is 1. The molecule has 152 valence electrons. The van der Waals surface area contributed by atoms with Crippen LogP contribution in [0.3, 0.4) is 0 Å². The fourth-order valence-corrected chi connectivity index (χ4v) is 4.00. The minimum atomic E-state index is -3.72. The first-order valence-electron chi connectivity index (χ1n) is 9.31. The smallest absolute Gasteiger partial charge is 0.261 e. The molecule has 3 rings (SSSR count). The second-order valence-corrected chi connectivity index (χ2v) is 8.40. The van der Waals surface area contributed by atoms with E-state index in [1.54, 1.807) is 18.3 Å². The molecule has 2 aromatic carbocycles. The van der Waals surface area contributed by atoms with Gasteiger partial charge in [0.15, 0.2) is 0 Å². The summed E-state index contributed by atoms with van der Waals surface area (Å²) in [6.45, 7) is 5.06. The van der Waals surface area contributed by atoms with Crippen LogP contribution in [0.5, 0.6) is 0 Å². The topological polar surface area (TPSA) is 93.1 Å². The van der Waals surface area contributed by atoms with Gasteiger partial charge in [-0.15, -0.1) is 0 Å². The van der Waals surface area contributed by atoms with Gasteiger partial charge in [-0.05, 0) is 56.2 Å². The first-order valence-corrected chi connectivity index (χ1v) is 10.8. The molecule has 0 aliphatic carbocycles. The lowest BCUT2D eigenvalue weighted by Crippen LogP contribution is -2.25. The molecule has 0 saturated heterocycles. The molecule has 1 aromatic heterocycles. The van der Waals surface area contributed by atoms with Crippen LogP contribution in [-0.4, -0.2) is 30.4 Å². The van der Waals surface area contributed by atoms with Crippen LogP contribution < -0.4 is 10.0 Å². The van der Waals surface area contributed by atoms with Crippen LogP contribution in [0, 0.1) is 13.8 Å². The zero-order valence-corrected chi connectivity index (χ0v) is 17.2. The van der Waals surface area contributed by atoms with Gasteiger partial charge in [-0.1, -0.05) is 18.2 Å². The Hall–Kier alpha value is -3.13. The number of rotatable bonds is 8. The molecule has 0 saturated carbocycles. The molecule has 2 N–H and O–H groups in total. The molecule has 0 spiro atoms. The Morgan fingerprint density at radius 1 is 1.07 bits per heavy atom. The Morgan fingerprint density at radius 2 is 1.79 bits per heavy atom. The zero-order valence-electron chi connectivity index (χ0n) is 16.4. The number of para-hydroxylation sites is 1. The largest absolute Gasteiger partial charge is 0.352 e. The number of carbonyl (C=O) groups is 1. The Morgan fingerprint density at radius 3 is 2.45 bits per heavy atom. The van der Waals surface area contributed by atoms with Gasteiger partial charge in [0.1, 0.15) is 5.82 Å². The number of imidazole rings is 1. The molecule has 7 nitrogen and oxygen atoms in total. The molecule has 1 amide bonds. The highest BCUT2D eigenvalue weighted by atomic mass is 32.2. The van der Waals surface area contributed by atoms with Crippen LogP contribution in [0.15, 0.2) is 65.8 Å². The molecular weight excluding hydrogens is 388 g/mol. The molecule has 3 aromatic rings. The molecular formula is C21H24N4O3S. The van der Waals surface area contributed by atoms with Crippen molar-refractivity contribution in [2.24, 2.45) is 0 Å². The number of sulfonamides is 1. The van der Waals surface area contributed by atoms with Crippen LogP contribution in [0.25, 0.3) is 0 Å².